The Labute approximate surface area is 123 Å². The van der Waals surface area contributed by atoms with E-state index in [4.69, 9.17) is 14.2 Å². The van der Waals surface area contributed by atoms with Gasteiger partial charge in [0.05, 0.1) is 31.2 Å². The third-order valence-electron chi connectivity index (χ3n) is 4.04. The second-order valence-electron chi connectivity index (χ2n) is 6.27. The molecule has 1 aromatic rings. The largest absolute Gasteiger partial charge is 0.469 e. The van der Waals surface area contributed by atoms with Gasteiger partial charge in [-0.3, -0.25) is 9.48 Å². The predicted molar refractivity (Wildman–Crippen MR) is 74.1 cm³/mol. The van der Waals surface area contributed by atoms with Crippen molar-refractivity contribution in [1.29, 1.82) is 0 Å². The highest BCUT2D eigenvalue weighted by atomic mass is 16.7. The predicted octanol–water partition coefficient (Wildman–Crippen LogP) is 1.79. The van der Waals surface area contributed by atoms with Crippen LogP contribution in [0.3, 0.4) is 0 Å². The van der Waals surface area contributed by atoms with Crippen molar-refractivity contribution in [1.82, 2.24) is 9.78 Å². The molecular formula is C15H20N2O4. The summed E-state index contributed by atoms with van der Waals surface area (Å²) in [5.41, 5.74) is 1.56. The lowest BCUT2D eigenvalue weighted by molar-refractivity contribution is -0.151. The van der Waals surface area contributed by atoms with E-state index in [9.17, 15) is 4.79 Å². The molecule has 1 aromatic heterocycles. The van der Waals surface area contributed by atoms with Crippen molar-refractivity contribution in [2.24, 2.45) is 5.41 Å². The van der Waals surface area contributed by atoms with Crippen molar-refractivity contribution >= 4 is 5.97 Å². The second kappa shape index (κ2) is 4.79. The summed E-state index contributed by atoms with van der Waals surface area (Å²) >= 11 is 0. The van der Waals surface area contributed by atoms with E-state index < -0.39 is 11.2 Å². The van der Waals surface area contributed by atoms with Gasteiger partial charge >= 0.3 is 5.97 Å². The Morgan fingerprint density at radius 1 is 1.48 bits per heavy atom. The molecule has 0 unspecified atom stereocenters. The first kappa shape index (κ1) is 14.0. The number of aromatic nitrogens is 2. The van der Waals surface area contributed by atoms with E-state index in [-0.39, 0.29) is 5.97 Å². The highest BCUT2D eigenvalue weighted by Crippen LogP contribution is 2.35. The zero-order chi connectivity index (χ0) is 15.1. The third-order valence-corrected chi connectivity index (χ3v) is 4.04. The number of nitrogens with zero attached hydrogens (tertiary/aromatic N) is 2. The molecule has 2 heterocycles. The lowest BCUT2D eigenvalue weighted by atomic mass is 9.92. The Hall–Kier alpha value is -1.98. The van der Waals surface area contributed by atoms with Crippen molar-refractivity contribution in [3.05, 3.63) is 30.0 Å². The van der Waals surface area contributed by atoms with Gasteiger partial charge in [-0.05, 0) is 20.3 Å². The molecule has 6 nitrogen and oxygen atoms in total. The van der Waals surface area contributed by atoms with E-state index in [0.29, 0.717) is 13.0 Å². The maximum atomic E-state index is 11.8. The quantitative estimate of drug-likeness (QED) is 0.795. The van der Waals surface area contributed by atoms with E-state index in [0.717, 1.165) is 24.1 Å². The highest BCUT2D eigenvalue weighted by Gasteiger charge is 2.41. The summed E-state index contributed by atoms with van der Waals surface area (Å²) in [6.07, 6.45) is 7.43. The van der Waals surface area contributed by atoms with E-state index in [1.54, 1.807) is 12.5 Å². The molecule has 0 fully saturated rings. The van der Waals surface area contributed by atoms with Gasteiger partial charge in [-0.25, -0.2) is 0 Å². The summed E-state index contributed by atoms with van der Waals surface area (Å²) in [6, 6.07) is 0. The normalized spacial score (nSPS) is 19.0. The molecule has 0 radical (unpaired) electrons. The van der Waals surface area contributed by atoms with Crippen LogP contribution in [-0.4, -0.2) is 28.6 Å². The minimum absolute atomic E-state index is 0.237. The van der Waals surface area contributed by atoms with Crippen LogP contribution in [0.1, 0.15) is 31.5 Å². The first-order valence-corrected chi connectivity index (χ1v) is 7.08. The molecule has 0 N–H and O–H groups in total. The molecule has 0 saturated heterocycles. The maximum Gasteiger partial charge on any atom is 0.313 e. The smallest absolute Gasteiger partial charge is 0.313 e. The molecule has 6 heteroatoms. The molecular weight excluding hydrogens is 272 g/mol. The Balaban J connectivity index is 1.76. The van der Waals surface area contributed by atoms with Gasteiger partial charge in [-0.15, -0.1) is 0 Å². The van der Waals surface area contributed by atoms with Crippen LogP contribution in [0.15, 0.2) is 18.7 Å². The third kappa shape index (κ3) is 2.50. The van der Waals surface area contributed by atoms with Gasteiger partial charge in [0, 0.05) is 18.2 Å². The van der Waals surface area contributed by atoms with Crippen molar-refractivity contribution in [3.63, 3.8) is 0 Å². The monoisotopic (exact) mass is 292 g/mol. The van der Waals surface area contributed by atoms with Gasteiger partial charge in [0.15, 0.2) is 0 Å². The van der Waals surface area contributed by atoms with Gasteiger partial charge in [-0.1, -0.05) is 0 Å². The zero-order valence-corrected chi connectivity index (χ0v) is 12.6. The molecule has 114 valence electrons. The number of rotatable bonds is 3. The maximum absolute atomic E-state index is 11.8. The fraction of sp³-hybridized carbons (Fsp3) is 0.600. The summed E-state index contributed by atoms with van der Waals surface area (Å²) in [6.45, 7) is 4.20. The molecule has 0 atom stereocenters. The first-order chi connectivity index (χ1) is 9.94. The van der Waals surface area contributed by atoms with Gasteiger partial charge in [0.2, 0.25) is 0 Å². The molecule has 21 heavy (non-hydrogen) atoms. The average molecular weight is 292 g/mol. The van der Waals surface area contributed by atoms with Crippen LogP contribution in [0.2, 0.25) is 0 Å². The van der Waals surface area contributed by atoms with Gasteiger partial charge in [-0.2, -0.15) is 5.10 Å². The zero-order valence-electron chi connectivity index (χ0n) is 12.6. The average Bonchev–Trinajstić information content (AvgIpc) is 3.04. The van der Waals surface area contributed by atoms with E-state index in [1.807, 2.05) is 24.7 Å². The molecule has 1 spiro atoms. The fourth-order valence-electron chi connectivity index (χ4n) is 2.91. The molecule has 3 rings (SSSR count). The number of aryl methyl sites for hydroxylation is 1. The van der Waals surface area contributed by atoms with Crippen molar-refractivity contribution < 1.29 is 19.0 Å². The van der Waals surface area contributed by atoms with Crippen molar-refractivity contribution in [2.45, 2.75) is 45.4 Å². The van der Waals surface area contributed by atoms with Crippen LogP contribution in [0.25, 0.3) is 0 Å². The minimum atomic E-state index is -0.608. The highest BCUT2D eigenvalue weighted by molar-refractivity contribution is 5.75. The van der Waals surface area contributed by atoms with Crippen LogP contribution in [0.5, 0.6) is 0 Å². The lowest BCUT2D eigenvalue weighted by Gasteiger charge is -2.30. The standard InChI is InChI=1S/C15H20N2O4/c1-14(2,13(18)19-3)10-17-9-11-8-15(20-6-7-21-15)5-4-12(11)16-17/h6-7,9H,4-5,8,10H2,1-3H3. The molecule has 0 aromatic carbocycles. The lowest BCUT2D eigenvalue weighted by Crippen LogP contribution is -2.36. The van der Waals surface area contributed by atoms with Gasteiger partial charge in [0.1, 0.15) is 12.5 Å². The first-order valence-electron chi connectivity index (χ1n) is 7.08. The van der Waals surface area contributed by atoms with Gasteiger partial charge < -0.3 is 14.2 Å². The van der Waals surface area contributed by atoms with Crippen molar-refractivity contribution in [3.8, 4) is 0 Å². The van der Waals surface area contributed by atoms with E-state index >= 15 is 0 Å². The second-order valence-corrected chi connectivity index (χ2v) is 6.27. The van der Waals surface area contributed by atoms with E-state index in [2.05, 4.69) is 5.10 Å². The molecule has 2 aliphatic rings. The van der Waals surface area contributed by atoms with Crippen LogP contribution in [-0.2, 0) is 38.4 Å². The van der Waals surface area contributed by atoms with Gasteiger partial charge in [0.25, 0.3) is 5.79 Å². The summed E-state index contributed by atoms with van der Waals surface area (Å²) in [5.74, 6) is -0.794. The van der Waals surface area contributed by atoms with Crippen LogP contribution in [0, 0.1) is 5.41 Å². The molecule has 0 saturated carbocycles. The minimum Gasteiger partial charge on any atom is -0.469 e. The van der Waals surface area contributed by atoms with Crippen LogP contribution >= 0.6 is 0 Å². The molecule has 0 amide bonds. The summed E-state index contributed by atoms with van der Waals surface area (Å²) in [4.78, 5) is 11.8. The topological polar surface area (TPSA) is 62.6 Å². The number of carbonyl (C=O) groups is 1. The number of ether oxygens (including phenoxy) is 3. The Kier molecular flexibility index (Phi) is 3.19. The number of hydrogen-bond acceptors (Lipinski definition) is 5. The molecule has 0 bridgehead atoms. The SMILES string of the molecule is COC(=O)C(C)(C)Cn1cc2c(n1)CCC1(C2)OC=CO1. The summed E-state index contributed by atoms with van der Waals surface area (Å²) in [5, 5.41) is 4.58. The summed E-state index contributed by atoms with van der Waals surface area (Å²) < 4.78 is 17.8. The Morgan fingerprint density at radius 2 is 2.19 bits per heavy atom. The number of fused-ring (bicyclic) bond motifs is 1. The summed E-state index contributed by atoms with van der Waals surface area (Å²) in [7, 11) is 1.41. The Bertz CT molecular complexity index is 580. The van der Waals surface area contributed by atoms with Crippen LogP contribution < -0.4 is 0 Å². The molecule has 1 aliphatic heterocycles. The number of methoxy groups -OCH3 is 1. The number of esters is 1. The van der Waals surface area contributed by atoms with Crippen LogP contribution in [0.4, 0.5) is 0 Å². The fourth-order valence-corrected chi connectivity index (χ4v) is 2.91. The number of carbonyl (C=O) groups excluding carboxylic acids is 1. The molecule has 1 aliphatic carbocycles. The van der Waals surface area contributed by atoms with Crippen molar-refractivity contribution in [2.75, 3.05) is 7.11 Å². The Morgan fingerprint density at radius 3 is 2.86 bits per heavy atom. The van der Waals surface area contributed by atoms with E-state index in [1.165, 1.54) is 7.11 Å². The number of hydrogen-bond donors (Lipinski definition) is 0.